The summed E-state index contributed by atoms with van der Waals surface area (Å²) in [5.41, 5.74) is -27.6. The second kappa shape index (κ2) is 21.1. The number of carbonyl (C=O) groups is 1. The van der Waals surface area contributed by atoms with E-state index in [1.54, 1.807) is 0 Å². The van der Waals surface area contributed by atoms with Crippen LogP contribution in [-0.2, 0) is 56.0 Å². The number of carbonyl (C=O) groups excluding carboxylic acids is 1. The maximum absolute atomic E-state index is 14.2. The minimum atomic E-state index is -6.13. The Kier molecular flexibility index (Phi) is 16.1. The molecule has 0 atom stereocenters. The number of aromatic nitrogens is 1. The zero-order chi connectivity index (χ0) is 58.4. The van der Waals surface area contributed by atoms with E-state index in [-0.39, 0.29) is 5.78 Å². The van der Waals surface area contributed by atoms with E-state index in [0.717, 1.165) is 23.2 Å². The number of hydrogen-bond acceptors (Lipinski definition) is 1. The highest BCUT2D eigenvalue weighted by molar-refractivity contribution is 7.20. The molecule has 2 nitrogen and oxygen atoms in total. The van der Waals surface area contributed by atoms with E-state index in [9.17, 15) is 110 Å². The van der Waals surface area contributed by atoms with E-state index in [2.05, 4.69) is 4.57 Å². The molecule has 0 aliphatic rings. The van der Waals surface area contributed by atoms with Gasteiger partial charge in [-0.15, -0.1) is 0 Å². The third-order valence-electron chi connectivity index (χ3n) is 11.8. The number of benzene rings is 6. The molecule has 6 aromatic carbocycles. The van der Waals surface area contributed by atoms with E-state index in [4.69, 9.17) is 0 Å². The van der Waals surface area contributed by atoms with Crippen molar-refractivity contribution in [1.29, 1.82) is 0 Å². The van der Waals surface area contributed by atoms with Crippen LogP contribution in [0.4, 0.5) is 105 Å². The van der Waals surface area contributed by atoms with E-state index in [1.807, 2.05) is 85.2 Å². The fourth-order valence-electron chi connectivity index (χ4n) is 8.39. The molecule has 7 aromatic rings. The van der Waals surface area contributed by atoms with Gasteiger partial charge in [0, 0.05) is 28.8 Å². The van der Waals surface area contributed by atoms with E-state index >= 15 is 0 Å². The Labute approximate surface area is 423 Å². The second-order valence-electron chi connectivity index (χ2n) is 17.2. The molecule has 0 radical (unpaired) electrons. The molecule has 0 spiro atoms. The first-order valence-corrected chi connectivity index (χ1v) is 21.6. The largest absolute Gasteiger partial charge is 0.416 e. The van der Waals surface area contributed by atoms with Crippen molar-refractivity contribution >= 4 is 33.8 Å². The van der Waals surface area contributed by atoms with Crippen LogP contribution in [-0.4, -0.2) is 11.9 Å². The van der Waals surface area contributed by atoms with Gasteiger partial charge in [-0.1, -0.05) is 103 Å². The second-order valence-corrected chi connectivity index (χ2v) is 17.2. The molecule has 78 heavy (non-hydrogen) atoms. The van der Waals surface area contributed by atoms with E-state index in [0.29, 0.717) is 0 Å². The van der Waals surface area contributed by atoms with Gasteiger partial charge < -0.3 is 0 Å². The third kappa shape index (κ3) is 13.8. The molecule has 7 rings (SSSR count). The molecular weight excluding hydrogens is 1110 g/mol. The molecule has 0 aliphatic carbocycles. The average molecular weight is 1140 g/mol. The predicted octanol–water partition coefficient (Wildman–Crippen LogP) is 14.5. The molecule has 0 unspecified atom stereocenters. The van der Waals surface area contributed by atoms with Crippen LogP contribution in [0.15, 0.2) is 158 Å². The molecule has 0 N–H and O–H groups in total. The summed E-state index contributed by atoms with van der Waals surface area (Å²) >= 11 is 0. The Bertz CT molecular complexity index is 2840. The molecule has 1 heterocycles. The van der Waals surface area contributed by atoms with Crippen molar-refractivity contribution in [2.75, 3.05) is 0 Å². The molecule has 414 valence electrons. The van der Waals surface area contributed by atoms with Gasteiger partial charge in [-0.05, 0) is 30.3 Å². The average Bonchev–Trinajstić information content (AvgIpc) is 3.45. The van der Waals surface area contributed by atoms with Gasteiger partial charge in [-0.25, -0.2) is 4.57 Å². The molecule has 0 bridgehead atoms. The Morgan fingerprint density at radius 3 is 0.833 bits per heavy atom. The van der Waals surface area contributed by atoms with Crippen molar-refractivity contribution in [2.45, 2.75) is 56.0 Å². The minimum absolute atomic E-state index is 0.0653. The quantitative estimate of drug-likeness (QED) is 0.0643. The monoisotopic (exact) mass is 1140 g/mol. The standard InChI is InChI=1S/C32H12BF24.C19H16NO/c34-25(35,36)13-1-14(26(37,38)39)6-21(5-13)33(22-7-15(27(40,41)42)2-16(8-22)28(43,44)45,23-9-17(29(46,47)48)3-18(10-23)30(49,50)51)24-11-19(31(52,53)54)4-20(12-24)32(55,56)57;21-19(17-9-3-1-4-10-17)18-11-7-8-16(14-18)15-20-12-5-2-6-13-20/h1-12H;1-14H,15H2/q-1;+1. The highest BCUT2D eigenvalue weighted by Gasteiger charge is 2.47. The summed E-state index contributed by atoms with van der Waals surface area (Å²) in [6.45, 7) is 0.761. The van der Waals surface area contributed by atoms with Gasteiger partial charge in [0.1, 0.15) is 6.15 Å². The molecule has 0 fully saturated rings. The maximum Gasteiger partial charge on any atom is 0.416 e. The van der Waals surface area contributed by atoms with E-state index < -0.39 is 195 Å². The number of halogens is 24. The Balaban J connectivity index is 0.000000387. The number of alkyl halides is 24. The van der Waals surface area contributed by atoms with Gasteiger partial charge in [0.05, 0.1) is 44.5 Å². The number of nitrogens with zero attached hydrogens (tertiary/aromatic N) is 1. The van der Waals surface area contributed by atoms with E-state index in [1.165, 1.54) is 0 Å². The SMILES string of the molecule is FC(F)(F)c1cc([B-](c2cc(C(F)(F)F)cc(C(F)(F)F)c2)(c2cc(C(F)(F)F)cc(C(F)(F)F)c2)c2cc(C(F)(F)F)cc(C(F)(F)F)c2)cc(C(F)(F)F)c1.O=C(c1ccccc1)c1cccc(C[n+]2ccccc2)c1. The Hall–Kier alpha value is -7.48. The lowest BCUT2D eigenvalue weighted by atomic mass is 9.12. The first-order chi connectivity index (χ1) is 35.6. The summed E-state index contributed by atoms with van der Waals surface area (Å²) < 4.78 is 343. The number of pyridine rings is 1. The topological polar surface area (TPSA) is 20.9 Å². The zero-order valence-electron chi connectivity index (χ0n) is 38.2. The van der Waals surface area contributed by atoms with Crippen LogP contribution >= 0.6 is 0 Å². The van der Waals surface area contributed by atoms with Crippen LogP contribution in [0.2, 0.25) is 0 Å². The lowest BCUT2D eigenvalue weighted by molar-refractivity contribution is -0.688. The van der Waals surface area contributed by atoms with Crippen molar-refractivity contribution in [3.05, 3.63) is 219 Å². The van der Waals surface area contributed by atoms with Crippen molar-refractivity contribution in [3.63, 3.8) is 0 Å². The maximum atomic E-state index is 14.2. The van der Waals surface area contributed by atoms with Gasteiger partial charge >= 0.3 is 49.4 Å². The fourth-order valence-corrected chi connectivity index (χ4v) is 8.39. The predicted molar refractivity (Wildman–Crippen MR) is 232 cm³/mol. The first kappa shape index (κ1) is 59.8. The van der Waals surface area contributed by atoms with Gasteiger partial charge in [0.2, 0.25) is 0 Å². The molecule has 1 aromatic heterocycles. The zero-order valence-corrected chi connectivity index (χ0v) is 38.2. The molecular formula is C51H28BF24NO. The van der Waals surface area contributed by atoms with Gasteiger partial charge in [-0.2, -0.15) is 127 Å². The summed E-state index contributed by atoms with van der Waals surface area (Å²) in [5.74, 6) is 0.0653. The lowest BCUT2D eigenvalue weighted by Crippen LogP contribution is -2.75. The molecule has 0 saturated carbocycles. The number of hydrogen-bond donors (Lipinski definition) is 0. The summed E-state index contributed by atoms with van der Waals surface area (Å²) in [5, 5.41) is 0. The van der Waals surface area contributed by atoms with Crippen molar-refractivity contribution in [1.82, 2.24) is 0 Å². The normalized spacial score (nSPS) is 13.2. The number of rotatable bonds is 8. The fraction of sp³-hybridized carbons (Fsp3) is 0.176. The van der Waals surface area contributed by atoms with Crippen LogP contribution in [0.25, 0.3) is 0 Å². The molecule has 27 heteroatoms. The van der Waals surface area contributed by atoms with Crippen LogP contribution in [0.3, 0.4) is 0 Å². The van der Waals surface area contributed by atoms with Crippen LogP contribution in [0, 0.1) is 0 Å². The van der Waals surface area contributed by atoms with Gasteiger partial charge in [-0.3, -0.25) is 4.79 Å². The number of ketones is 1. The summed E-state index contributed by atoms with van der Waals surface area (Å²) in [7, 11) is 0. The third-order valence-corrected chi connectivity index (χ3v) is 11.8. The van der Waals surface area contributed by atoms with Crippen molar-refractivity contribution in [3.8, 4) is 0 Å². The van der Waals surface area contributed by atoms with Crippen molar-refractivity contribution < 1.29 is 115 Å². The van der Waals surface area contributed by atoms with Crippen LogP contribution in [0.1, 0.15) is 66.0 Å². The molecule has 0 saturated heterocycles. The van der Waals surface area contributed by atoms with Crippen LogP contribution in [0.5, 0.6) is 0 Å². The summed E-state index contributed by atoms with van der Waals surface area (Å²) in [6, 6.07) is 14.4. The van der Waals surface area contributed by atoms with Crippen molar-refractivity contribution in [2.24, 2.45) is 0 Å². The highest BCUT2D eigenvalue weighted by atomic mass is 19.4. The summed E-state index contributed by atoms with van der Waals surface area (Å²) in [4.78, 5) is 12.4. The van der Waals surface area contributed by atoms with Gasteiger partial charge in [0.15, 0.2) is 24.7 Å². The molecule has 0 amide bonds. The lowest BCUT2D eigenvalue weighted by Gasteiger charge is -2.46. The summed E-state index contributed by atoms with van der Waals surface area (Å²) in [6.07, 6.45) is -50.8. The minimum Gasteiger partial charge on any atom is -0.289 e. The smallest absolute Gasteiger partial charge is 0.289 e. The highest BCUT2D eigenvalue weighted by Crippen LogP contribution is 2.41. The Morgan fingerprint density at radius 1 is 0.308 bits per heavy atom. The Morgan fingerprint density at radius 2 is 0.564 bits per heavy atom. The first-order valence-electron chi connectivity index (χ1n) is 21.6. The van der Waals surface area contributed by atoms with Gasteiger partial charge in [0.25, 0.3) is 0 Å². The van der Waals surface area contributed by atoms with Crippen LogP contribution < -0.4 is 26.4 Å². The molecule has 0 aliphatic heterocycles.